The van der Waals surface area contributed by atoms with Crippen LogP contribution < -0.4 is 0 Å². The minimum atomic E-state index is 0.875. The van der Waals surface area contributed by atoms with Crippen LogP contribution in [-0.4, -0.2) is 0 Å². The Kier molecular flexibility index (Phi) is 14.0. The first-order chi connectivity index (χ1) is 9.67. The summed E-state index contributed by atoms with van der Waals surface area (Å²) < 4.78 is 0. The summed E-state index contributed by atoms with van der Waals surface area (Å²) in [5, 5.41) is 0. The molecule has 0 aromatic carbocycles. The summed E-state index contributed by atoms with van der Waals surface area (Å²) in [4.78, 5) is 0. The molecule has 0 aromatic heterocycles. The lowest BCUT2D eigenvalue weighted by Crippen LogP contribution is -2.10. The summed E-state index contributed by atoms with van der Waals surface area (Å²) in [7, 11) is 0. The summed E-state index contributed by atoms with van der Waals surface area (Å²) in [6.07, 6.45) is 18.0. The monoisotopic (exact) mass is 281 g/mol. The Morgan fingerprint density at radius 1 is 0.800 bits per heavy atom. The van der Waals surface area contributed by atoms with Crippen molar-refractivity contribution in [2.45, 2.75) is 105 Å². The Hall–Kier alpha value is 0. The van der Waals surface area contributed by atoms with Crippen LogP contribution in [-0.2, 0) is 0 Å². The molecule has 0 aliphatic rings. The van der Waals surface area contributed by atoms with Gasteiger partial charge in [-0.15, -0.1) is 0 Å². The lowest BCUT2D eigenvalue weighted by Gasteiger charge is -2.23. The second kappa shape index (κ2) is 14.0. The third-order valence-electron chi connectivity index (χ3n) is 4.78. The molecule has 0 saturated heterocycles. The van der Waals surface area contributed by atoms with E-state index in [4.69, 9.17) is 0 Å². The maximum Gasteiger partial charge on any atom is -0.0352 e. The standard InChI is InChI=1S/C20H41/c1-6-10-11-14-19(12-7-2)15-16-20(13-8-3)17-18(5)9-4/h16,18-20H,6-15,17H2,1-5H3. The van der Waals surface area contributed by atoms with E-state index in [0.717, 1.165) is 17.8 Å². The average Bonchev–Trinajstić information content (AvgIpc) is 2.44. The summed E-state index contributed by atoms with van der Waals surface area (Å²) >= 11 is 0. The van der Waals surface area contributed by atoms with E-state index in [0.29, 0.717) is 0 Å². The third-order valence-corrected chi connectivity index (χ3v) is 4.78. The van der Waals surface area contributed by atoms with Gasteiger partial charge >= 0.3 is 0 Å². The van der Waals surface area contributed by atoms with Crippen LogP contribution in [0.5, 0.6) is 0 Å². The van der Waals surface area contributed by atoms with Crippen LogP contribution in [0.15, 0.2) is 0 Å². The fraction of sp³-hybridized carbons (Fsp3) is 0.950. The number of hydrogen-bond acceptors (Lipinski definition) is 0. The quantitative estimate of drug-likeness (QED) is 0.290. The van der Waals surface area contributed by atoms with Crippen LogP contribution in [0.25, 0.3) is 0 Å². The fourth-order valence-corrected chi connectivity index (χ4v) is 3.24. The van der Waals surface area contributed by atoms with Crippen molar-refractivity contribution >= 4 is 0 Å². The summed E-state index contributed by atoms with van der Waals surface area (Å²) in [6, 6.07) is 0. The molecule has 0 amide bonds. The Morgan fingerprint density at radius 3 is 2.05 bits per heavy atom. The van der Waals surface area contributed by atoms with E-state index in [1.54, 1.807) is 0 Å². The van der Waals surface area contributed by atoms with E-state index in [1.807, 2.05) is 0 Å². The van der Waals surface area contributed by atoms with Gasteiger partial charge in [0.25, 0.3) is 0 Å². The van der Waals surface area contributed by atoms with Crippen molar-refractivity contribution in [3.05, 3.63) is 6.42 Å². The SMILES string of the molecule is CCCCCC(C[CH]C(CCC)CC(C)CC)CCC. The molecule has 0 spiro atoms. The Morgan fingerprint density at radius 2 is 1.50 bits per heavy atom. The normalized spacial score (nSPS) is 16.1. The molecule has 0 saturated carbocycles. The average molecular weight is 282 g/mol. The van der Waals surface area contributed by atoms with Crippen LogP contribution >= 0.6 is 0 Å². The molecule has 1 radical (unpaired) electrons. The molecule has 0 aliphatic heterocycles. The highest BCUT2D eigenvalue weighted by molar-refractivity contribution is 4.80. The highest BCUT2D eigenvalue weighted by Gasteiger charge is 2.15. The third kappa shape index (κ3) is 10.7. The van der Waals surface area contributed by atoms with Gasteiger partial charge in [-0.3, -0.25) is 0 Å². The lowest BCUT2D eigenvalue weighted by atomic mass is 9.83. The summed E-state index contributed by atoms with van der Waals surface area (Å²) in [6.45, 7) is 11.7. The van der Waals surface area contributed by atoms with Crippen molar-refractivity contribution in [2.75, 3.05) is 0 Å². The Balaban J connectivity index is 4.09. The second-order valence-electron chi connectivity index (χ2n) is 6.92. The van der Waals surface area contributed by atoms with Gasteiger partial charge < -0.3 is 0 Å². The maximum absolute atomic E-state index is 2.70. The van der Waals surface area contributed by atoms with Crippen molar-refractivity contribution in [3.63, 3.8) is 0 Å². The van der Waals surface area contributed by atoms with Crippen molar-refractivity contribution in [3.8, 4) is 0 Å². The maximum atomic E-state index is 2.70. The van der Waals surface area contributed by atoms with Crippen LogP contribution in [0.2, 0.25) is 0 Å². The first kappa shape index (κ1) is 20.0. The van der Waals surface area contributed by atoms with Gasteiger partial charge in [0.05, 0.1) is 0 Å². The fourth-order valence-electron chi connectivity index (χ4n) is 3.24. The van der Waals surface area contributed by atoms with Gasteiger partial charge in [0.15, 0.2) is 0 Å². The van der Waals surface area contributed by atoms with Gasteiger partial charge in [-0.1, -0.05) is 92.4 Å². The molecule has 3 unspecified atom stereocenters. The van der Waals surface area contributed by atoms with E-state index >= 15 is 0 Å². The van der Waals surface area contributed by atoms with Crippen molar-refractivity contribution < 1.29 is 0 Å². The summed E-state index contributed by atoms with van der Waals surface area (Å²) in [5.74, 6) is 2.73. The van der Waals surface area contributed by atoms with Gasteiger partial charge in [-0.2, -0.15) is 0 Å². The molecule has 0 bridgehead atoms. The lowest BCUT2D eigenvalue weighted by molar-refractivity contribution is 0.354. The zero-order valence-corrected chi connectivity index (χ0v) is 15.1. The highest BCUT2D eigenvalue weighted by atomic mass is 14.2. The number of hydrogen-bond donors (Lipinski definition) is 0. The molecule has 0 rings (SSSR count). The van der Waals surface area contributed by atoms with E-state index in [2.05, 4.69) is 41.0 Å². The van der Waals surface area contributed by atoms with Crippen molar-refractivity contribution in [1.29, 1.82) is 0 Å². The molecular formula is C20H41. The zero-order valence-electron chi connectivity index (χ0n) is 15.1. The molecule has 3 atom stereocenters. The van der Waals surface area contributed by atoms with Gasteiger partial charge in [-0.25, -0.2) is 0 Å². The van der Waals surface area contributed by atoms with E-state index in [1.165, 1.54) is 70.6 Å². The molecule has 20 heavy (non-hydrogen) atoms. The first-order valence-electron chi connectivity index (χ1n) is 9.51. The van der Waals surface area contributed by atoms with E-state index < -0.39 is 0 Å². The van der Waals surface area contributed by atoms with Gasteiger partial charge in [0, 0.05) is 0 Å². The van der Waals surface area contributed by atoms with Gasteiger partial charge in [-0.05, 0) is 37.0 Å². The van der Waals surface area contributed by atoms with Crippen LogP contribution in [0, 0.1) is 24.2 Å². The number of rotatable bonds is 14. The minimum Gasteiger partial charge on any atom is -0.0654 e. The van der Waals surface area contributed by atoms with Crippen molar-refractivity contribution in [1.82, 2.24) is 0 Å². The topological polar surface area (TPSA) is 0 Å². The van der Waals surface area contributed by atoms with E-state index in [-0.39, 0.29) is 0 Å². The molecule has 0 aliphatic carbocycles. The van der Waals surface area contributed by atoms with Crippen LogP contribution in [0.1, 0.15) is 105 Å². The van der Waals surface area contributed by atoms with E-state index in [9.17, 15) is 0 Å². The van der Waals surface area contributed by atoms with Crippen LogP contribution in [0.4, 0.5) is 0 Å². The summed E-state index contributed by atoms with van der Waals surface area (Å²) in [5.41, 5.74) is 0. The Bertz CT molecular complexity index is 184. The predicted octanol–water partition coefficient (Wildman–Crippen LogP) is 7.43. The molecule has 121 valence electrons. The molecule has 0 N–H and O–H groups in total. The molecule has 0 aromatic rings. The number of unbranched alkanes of at least 4 members (excludes halogenated alkanes) is 2. The highest BCUT2D eigenvalue weighted by Crippen LogP contribution is 2.28. The van der Waals surface area contributed by atoms with Gasteiger partial charge in [0.1, 0.15) is 0 Å². The first-order valence-corrected chi connectivity index (χ1v) is 9.51. The Labute approximate surface area is 130 Å². The zero-order chi connectivity index (χ0) is 15.2. The van der Waals surface area contributed by atoms with Crippen LogP contribution in [0.3, 0.4) is 0 Å². The largest absolute Gasteiger partial charge is 0.0654 e. The molecule has 0 nitrogen and oxygen atoms in total. The molecule has 0 heterocycles. The van der Waals surface area contributed by atoms with Crippen molar-refractivity contribution in [2.24, 2.45) is 17.8 Å². The smallest absolute Gasteiger partial charge is 0.0352 e. The molecule has 0 heteroatoms. The molecule has 0 fully saturated rings. The van der Waals surface area contributed by atoms with Gasteiger partial charge in [0.2, 0.25) is 0 Å². The minimum absolute atomic E-state index is 0.875. The predicted molar refractivity (Wildman–Crippen MR) is 93.9 cm³/mol. The second-order valence-corrected chi connectivity index (χ2v) is 6.92. The molecular weight excluding hydrogens is 240 g/mol.